The Morgan fingerprint density at radius 2 is 2.11 bits per heavy atom. The molecule has 0 unspecified atom stereocenters. The SMILES string of the molecule is CCSC(=Nc1ccccc1C(C)C)NC(=O)O. The first-order chi connectivity index (χ1) is 8.54. The average Bonchev–Trinajstić information content (AvgIpc) is 2.28. The Kier molecular flexibility index (Phi) is 5.71. The number of aliphatic imine (C=N–C) groups is 1. The van der Waals surface area contributed by atoms with E-state index < -0.39 is 6.09 Å². The molecule has 4 nitrogen and oxygen atoms in total. The molecule has 0 bridgehead atoms. The van der Waals surface area contributed by atoms with Crippen molar-refractivity contribution in [3.05, 3.63) is 29.8 Å². The van der Waals surface area contributed by atoms with E-state index in [1.54, 1.807) is 0 Å². The van der Waals surface area contributed by atoms with Crippen molar-refractivity contribution in [2.24, 2.45) is 4.99 Å². The molecule has 1 rings (SSSR count). The number of nitrogens with one attached hydrogen (secondary N) is 1. The van der Waals surface area contributed by atoms with Crippen LogP contribution < -0.4 is 5.32 Å². The standard InChI is InChI=1S/C13H18N2O2S/c1-4-18-12(15-13(16)17)14-11-8-6-5-7-10(11)9(2)3/h5-9H,4H2,1-3H3,(H,14,15)(H,16,17). The molecule has 2 N–H and O–H groups in total. The van der Waals surface area contributed by atoms with Crippen LogP contribution in [0.2, 0.25) is 0 Å². The first kappa shape index (κ1) is 14.6. The number of carboxylic acid groups (broad SMARTS) is 1. The molecule has 98 valence electrons. The third-order valence-corrected chi connectivity index (χ3v) is 3.03. The molecule has 1 aromatic rings. The summed E-state index contributed by atoms with van der Waals surface area (Å²) in [5.74, 6) is 1.12. The number of benzene rings is 1. The first-order valence-electron chi connectivity index (χ1n) is 5.85. The summed E-state index contributed by atoms with van der Waals surface area (Å²) in [5, 5.41) is 11.5. The molecular formula is C13H18N2O2S. The predicted octanol–water partition coefficient (Wildman–Crippen LogP) is 3.82. The second-order valence-corrected chi connectivity index (χ2v) is 5.25. The van der Waals surface area contributed by atoms with Gasteiger partial charge in [0.1, 0.15) is 0 Å². The highest BCUT2D eigenvalue weighted by atomic mass is 32.2. The molecule has 1 aromatic carbocycles. The predicted molar refractivity (Wildman–Crippen MR) is 76.9 cm³/mol. The number of amidine groups is 1. The van der Waals surface area contributed by atoms with E-state index in [4.69, 9.17) is 5.11 Å². The number of para-hydroxylation sites is 1. The lowest BCUT2D eigenvalue weighted by Crippen LogP contribution is -2.26. The number of hydrogen-bond acceptors (Lipinski definition) is 3. The van der Waals surface area contributed by atoms with Crippen LogP contribution in [0.15, 0.2) is 29.3 Å². The first-order valence-corrected chi connectivity index (χ1v) is 6.83. The molecule has 0 fully saturated rings. The lowest BCUT2D eigenvalue weighted by atomic mass is 10.0. The fourth-order valence-corrected chi connectivity index (χ4v) is 2.11. The molecule has 0 aliphatic heterocycles. The lowest BCUT2D eigenvalue weighted by Gasteiger charge is -2.10. The zero-order valence-electron chi connectivity index (χ0n) is 10.8. The van der Waals surface area contributed by atoms with Crippen LogP contribution in [0.1, 0.15) is 32.3 Å². The van der Waals surface area contributed by atoms with Crippen LogP contribution in [0.25, 0.3) is 0 Å². The van der Waals surface area contributed by atoms with Gasteiger partial charge in [-0.3, -0.25) is 5.32 Å². The number of nitrogens with zero attached hydrogens (tertiary/aromatic N) is 1. The number of rotatable bonds is 3. The summed E-state index contributed by atoms with van der Waals surface area (Å²) in [4.78, 5) is 15.1. The normalized spacial score (nSPS) is 11.7. The minimum absolute atomic E-state index is 0.350. The second kappa shape index (κ2) is 7.06. The Morgan fingerprint density at radius 3 is 2.67 bits per heavy atom. The van der Waals surface area contributed by atoms with Crippen LogP contribution in [0, 0.1) is 0 Å². The Morgan fingerprint density at radius 1 is 1.44 bits per heavy atom. The van der Waals surface area contributed by atoms with Crippen LogP contribution in [-0.4, -0.2) is 22.1 Å². The van der Waals surface area contributed by atoms with Gasteiger partial charge in [-0.05, 0) is 23.3 Å². The third-order valence-electron chi connectivity index (χ3n) is 2.28. The molecule has 0 heterocycles. The zero-order valence-corrected chi connectivity index (χ0v) is 11.6. The van der Waals surface area contributed by atoms with Gasteiger partial charge in [-0.25, -0.2) is 9.79 Å². The summed E-state index contributed by atoms with van der Waals surface area (Å²) in [6.07, 6.45) is -1.09. The van der Waals surface area contributed by atoms with Gasteiger partial charge >= 0.3 is 6.09 Å². The van der Waals surface area contributed by atoms with Gasteiger partial charge in [0.2, 0.25) is 0 Å². The quantitative estimate of drug-likeness (QED) is 0.646. The van der Waals surface area contributed by atoms with E-state index in [9.17, 15) is 4.79 Å². The van der Waals surface area contributed by atoms with Crippen molar-refractivity contribution in [2.75, 3.05) is 5.75 Å². The lowest BCUT2D eigenvalue weighted by molar-refractivity contribution is 0.200. The Balaban J connectivity index is 3.06. The molecule has 0 radical (unpaired) electrons. The minimum atomic E-state index is -1.09. The zero-order chi connectivity index (χ0) is 13.5. The van der Waals surface area contributed by atoms with Crippen molar-refractivity contribution >= 4 is 28.7 Å². The average molecular weight is 266 g/mol. The summed E-state index contributed by atoms with van der Waals surface area (Å²) >= 11 is 1.38. The van der Waals surface area contributed by atoms with E-state index in [1.807, 2.05) is 31.2 Å². The second-order valence-electron chi connectivity index (χ2n) is 3.99. The maximum absolute atomic E-state index is 10.7. The Labute approximate surface area is 112 Å². The van der Waals surface area contributed by atoms with Gasteiger partial charge in [0.15, 0.2) is 5.17 Å². The molecule has 0 saturated carbocycles. The molecule has 0 aliphatic carbocycles. The molecule has 0 spiro atoms. The summed E-state index contributed by atoms with van der Waals surface area (Å²) in [6, 6.07) is 7.78. The van der Waals surface area contributed by atoms with Crippen LogP contribution in [0.5, 0.6) is 0 Å². The summed E-state index contributed by atoms with van der Waals surface area (Å²) in [6.45, 7) is 6.13. The van der Waals surface area contributed by atoms with E-state index >= 15 is 0 Å². The third kappa shape index (κ3) is 4.41. The van der Waals surface area contributed by atoms with Crippen LogP contribution in [0.3, 0.4) is 0 Å². The minimum Gasteiger partial charge on any atom is -0.465 e. The number of amides is 1. The summed E-state index contributed by atoms with van der Waals surface area (Å²) < 4.78 is 0. The largest absolute Gasteiger partial charge is 0.465 e. The number of thioether (sulfide) groups is 1. The maximum Gasteiger partial charge on any atom is 0.410 e. The fraction of sp³-hybridized carbons (Fsp3) is 0.385. The van der Waals surface area contributed by atoms with Crippen LogP contribution in [0.4, 0.5) is 10.5 Å². The van der Waals surface area contributed by atoms with Crippen LogP contribution in [-0.2, 0) is 0 Å². The van der Waals surface area contributed by atoms with Crippen LogP contribution >= 0.6 is 11.8 Å². The van der Waals surface area contributed by atoms with E-state index in [0.29, 0.717) is 11.1 Å². The molecule has 18 heavy (non-hydrogen) atoms. The van der Waals surface area contributed by atoms with Crippen molar-refractivity contribution in [2.45, 2.75) is 26.7 Å². The summed E-state index contributed by atoms with van der Waals surface area (Å²) in [7, 11) is 0. The van der Waals surface area contributed by atoms with Crippen molar-refractivity contribution < 1.29 is 9.90 Å². The van der Waals surface area contributed by atoms with Gasteiger partial charge in [-0.15, -0.1) is 0 Å². The fourth-order valence-electron chi connectivity index (χ4n) is 1.51. The molecule has 0 aliphatic rings. The van der Waals surface area contributed by atoms with Crippen molar-refractivity contribution in [1.29, 1.82) is 0 Å². The van der Waals surface area contributed by atoms with Gasteiger partial charge in [-0.1, -0.05) is 50.7 Å². The highest BCUT2D eigenvalue weighted by Crippen LogP contribution is 2.27. The van der Waals surface area contributed by atoms with Crippen molar-refractivity contribution in [3.63, 3.8) is 0 Å². The highest BCUT2D eigenvalue weighted by Gasteiger charge is 2.08. The van der Waals surface area contributed by atoms with Gasteiger partial charge in [0, 0.05) is 0 Å². The van der Waals surface area contributed by atoms with Gasteiger partial charge in [0.25, 0.3) is 0 Å². The van der Waals surface area contributed by atoms with Crippen molar-refractivity contribution in [3.8, 4) is 0 Å². The molecule has 0 saturated heterocycles. The monoisotopic (exact) mass is 266 g/mol. The van der Waals surface area contributed by atoms with E-state index in [0.717, 1.165) is 17.0 Å². The number of carbonyl (C=O) groups is 1. The molecule has 1 amide bonds. The topological polar surface area (TPSA) is 61.7 Å². The molecule has 0 aromatic heterocycles. The van der Waals surface area contributed by atoms with E-state index in [2.05, 4.69) is 24.2 Å². The summed E-state index contributed by atoms with van der Waals surface area (Å²) in [5.41, 5.74) is 1.93. The van der Waals surface area contributed by atoms with E-state index in [-0.39, 0.29) is 0 Å². The molecule has 0 atom stereocenters. The smallest absolute Gasteiger partial charge is 0.410 e. The van der Waals surface area contributed by atoms with Gasteiger partial charge in [0.05, 0.1) is 5.69 Å². The van der Waals surface area contributed by atoms with E-state index in [1.165, 1.54) is 11.8 Å². The van der Waals surface area contributed by atoms with Crippen molar-refractivity contribution in [1.82, 2.24) is 5.32 Å². The van der Waals surface area contributed by atoms with Gasteiger partial charge < -0.3 is 5.11 Å². The Bertz CT molecular complexity index is 444. The Hall–Kier alpha value is -1.49. The molecule has 5 heteroatoms. The van der Waals surface area contributed by atoms with Gasteiger partial charge in [-0.2, -0.15) is 0 Å². The highest BCUT2D eigenvalue weighted by molar-refractivity contribution is 8.13. The number of hydrogen-bond donors (Lipinski definition) is 2. The molecular weight excluding hydrogens is 248 g/mol. The maximum atomic E-state index is 10.7.